The van der Waals surface area contributed by atoms with Gasteiger partial charge in [0.25, 0.3) is 0 Å². The van der Waals surface area contributed by atoms with E-state index in [1.807, 2.05) is 13.8 Å². The van der Waals surface area contributed by atoms with Gasteiger partial charge in [-0.25, -0.2) is 0 Å². The molecule has 0 spiro atoms. The number of nitrogens with two attached hydrogens (primary N) is 1. The molecular formula is C24H40N2O3. The topological polar surface area (TPSA) is 84.9 Å². The number of carbonyl (C=O) groups excluding carboxylic acids is 1. The van der Waals surface area contributed by atoms with Crippen LogP contribution >= 0.6 is 0 Å². The van der Waals surface area contributed by atoms with E-state index in [0.717, 1.165) is 37.3 Å². The maximum Gasteiger partial charge on any atom is 0.313 e. The van der Waals surface area contributed by atoms with Crippen LogP contribution in [0.5, 0.6) is 0 Å². The summed E-state index contributed by atoms with van der Waals surface area (Å²) in [5, 5.41) is 13.8. The van der Waals surface area contributed by atoms with Crippen LogP contribution in [0.2, 0.25) is 0 Å². The fraction of sp³-hybridized carbons (Fsp3) is 0.917. The fourth-order valence-electron chi connectivity index (χ4n) is 7.64. The highest BCUT2D eigenvalue weighted by molar-refractivity contribution is 5.88. The van der Waals surface area contributed by atoms with Crippen molar-refractivity contribution in [1.29, 1.82) is 0 Å². The first-order valence-electron chi connectivity index (χ1n) is 11.8. The lowest BCUT2D eigenvalue weighted by Gasteiger charge is -2.60. The fourth-order valence-corrected chi connectivity index (χ4v) is 7.64. The average molecular weight is 405 g/mol. The zero-order chi connectivity index (χ0) is 21.0. The zero-order valence-electron chi connectivity index (χ0n) is 18.7. The molecule has 3 N–H and O–H groups in total. The first-order chi connectivity index (χ1) is 13.6. The van der Waals surface area contributed by atoms with Crippen molar-refractivity contribution in [3.05, 3.63) is 0 Å². The smallest absolute Gasteiger partial charge is 0.313 e. The molecule has 4 rings (SSSR count). The lowest BCUT2D eigenvalue weighted by atomic mass is 9.45. The Hall–Kier alpha value is -1.10. The Morgan fingerprint density at radius 2 is 1.97 bits per heavy atom. The molecule has 4 saturated carbocycles. The predicted molar refractivity (Wildman–Crippen MR) is 114 cm³/mol. The van der Waals surface area contributed by atoms with Crippen molar-refractivity contribution < 1.29 is 14.7 Å². The maximum atomic E-state index is 12.6. The minimum Gasteiger partial charge on any atom is -0.462 e. The third-order valence-corrected chi connectivity index (χ3v) is 9.68. The number of hydrogen-bond acceptors (Lipinski definition) is 5. The third-order valence-electron chi connectivity index (χ3n) is 9.68. The predicted octanol–water partition coefficient (Wildman–Crippen LogP) is 4.76. The van der Waals surface area contributed by atoms with E-state index in [0.29, 0.717) is 17.3 Å². The Morgan fingerprint density at radius 3 is 2.66 bits per heavy atom. The molecular weight excluding hydrogens is 364 g/mol. The van der Waals surface area contributed by atoms with Gasteiger partial charge in [-0.2, -0.15) is 0 Å². The Bertz CT molecular complexity index is 690. The van der Waals surface area contributed by atoms with Crippen molar-refractivity contribution in [3.63, 3.8) is 0 Å². The molecule has 5 heteroatoms. The van der Waals surface area contributed by atoms with E-state index >= 15 is 0 Å². The molecule has 5 nitrogen and oxygen atoms in total. The molecule has 0 heterocycles. The van der Waals surface area contributed by atoms with Crippen LogP contribution in [-0.4, -0.2) is 29.5 Å². The van der Waals surface area contributed by atoms with Gasteiger partial charge in [0.15, 0.2) is 0 Å². The lowest BCUT2D eigenvalue weighted by molar-refractivity contribution is -0.165. The van der Waals surface area contributed by atoms with E-state index in [9.17, 15) is 10.0 Å². The summed E-state index contributed by atoms with van der Waals surface area (Å²) < 4.78 is 5.90. The molecule has 1 unspecified atom stereocenters. The van der Waals surface area contributed by atoms with Crippen LogP contribution in [0.25, 0.3) is 0 Å². The molecule has 0 aliphatic heterocycles. The average Bonchev–Trinajstić information content (AvgIpc) is 3.09. The Balaban J connectivity index is 1.55. The normalized spacial score (nSPS) is 46.0. The monoisotopic (exact) mass is 404 g/mol. The molecule has 4 aliphatic rings. The highest BCUT2D eigenvalue weighted by Crippen LogP contribution is 2.65. The van der Waals surface area contributed by atoms with Gasteiger partial charge < -0.3 is 15.7 Å². The number of oxime groups is 1. The van der Waals surface area contributed by atoms with Gasteiger partial charge in [0.1, 0.15) is 6.10 Å². The SMILES string of the molecule is CC(C)(CN)C(=O)O[C@H]1CC[C@@]2(C)C(C1)/C(=N/O)C[C@H]1[C@@H]3CCC[C@@]3(C)CC[C@@H]12. The van der Waals surface area contributed by atoms with Gasteiger partial charge in [-0.1, -0.05) is 25.4 Å². The summed E-state index contributed by atoms with van der Waals surface area (Å²) in [5.41, 5.74) is 6.71. The summed E-state index contributed by atoms with van der Waals surface area (Å²) in [6.45, 7) is 8.90. The van der Waals surface area contributed by atoms with Crippen LogP contribution in [0.1, 0.15) is 85.5 Å². The first kappa shape index (κ1) is 21.1. The van der Waals surface area contributed by atoms with Gasteiger partial charge in [-0.15, -0.1) is 0 Å². The van der Waals surface area contributed by atoms with Gasteiger partial charge in [0.2, 0.25) is 0 Å². The van der Waals surface area contributed by atoms with Crippen LogP contribution in [-0.2, 0) is 9.53 Å². The summed E-state index contributed by atoms with van der Waals surface area (Å²) in [5.74, 6) is 2.14. The first-order valence-corrected chi connectivity index (χ1v) is 11.8. The molecule has 7 atom stereocenters. The standard InChI is InChI=1S/C24H40N2O3/c1-22(2,14-25)21(27)29-15-7-11-24(4)18-8-10-23(3)9-5-6-17(23)16(18)13-20(26-28)19(24)12-15/h15-19,28H,5-14,25H2,1-4H3/b26-20+/t15-,16-,17-,18-,19?,23-,24+/m0/s1. The molecule has 0 aromatic carbocycles. The summed E-state index contributed by atoms with van der Waals surface area (Å²) in [6, 6.07) is 0. The minimum atomic E-state index is -0.650. The van der Waals surface area contributed by atoms with Crippen LogP contribution in [0.4, 0.5) is 0 Å². The summed E-state index contributed by atoms with van der Waals surface area (Å²) >= 11 is 0. The summed E-state index contributed by atoms with van der Waals surface area (Å²) in [6.07, 6.45) is 10.3. The summed E-state index contributed by atoms with van der Waals surface area (Å²) in [4.78, 5) is 12.6. The second-order valence-corrected chi connectivity index (χ2v) is 11.7. The zero-order valence-corrected chi connectivity index (χ0v) is 18.7. The van der Waals surface area contributed by atoms with Gasteiger partial charge >= 0.3 is 5.97 Å². The largest absolute Gasteiger partial charge is 0.462 e. The molecule has 29 heavy (non-hydrogen) atoms. The lowest BCUT2D eigenvalue weighted by Crippen LogP contribution is -2.57. The number of carbonyl (C=O) groups is 1. The molecule has 0 amide bonds. The third kappa shape index (κ3) is 3.32. The summed E-state index contributed by atoms with van der Waals surface area (Å²) in [7, 11) is 0. The van der Waals surface area contributed by atoms with Gasteiger partial charge in [0.05, 0.1) is 11.1 Å². The number of hydrogen-bond donors (Lipinski definition) is 2. The van der Waals surface area contributed by atoms with E-state index in [4.69, 9.17) is 10.5 Å². The Labute approximate surface area is 175 Å². The van der Waals surface area contributed by atoms with Crippen LogP contribution < -0.4 is 5.73 Å². The molecule has 0 saturated heterocycles. The number of rotatable bonds is 3. The van der Waals surface area contributed by atoms with E-state index in [-0.39, 0.29) is 30.0 Å². The van der Waals surface area contributed by atoms with Crippen molar-refractivity contribution in [2.75, 3.05) is 6.54 Å². The number of fused-ring (bicyclic) bond motifs is 5. The second-order valence-electron chi connectivity index (χ2n) is 11.7. The highest BCUT2D eigenvalue weighted by atomic mass is 16.5. The molecule has 164 valence electrons. The Morgan fingerprint density at radius 1 is 1.21 bits per heavy atom. The van der Waals surface area contributed by atoms with E-state index in [1.54, 1.807) is 0 Å². The van der Waals surface area contributed by atoms with Crippen LogP contribution in [0.15, 0.2) is 5.16 Å². The molecule has 0 radical (unpaired) electrons. The van der Waals surface area contributed by atoms with Crippen LogP contribution in [0.3, 0.4) is 0 Å². The highest BCUT2D eigenvalue weighted by Gasteiger charge is 2.60. The Kier molecular flexibility index (Phi) is 5.28. The van der Waals surface area contributed by atoms with Gasteiger partial charge in [-0.3, -0.25) is 4.79 Å². The van der Waals surface area contributed by atoms with E-state index in [1.165, 1.54) is 32.1 Å². The minimum absolute atomic E-state index is 0.0972. The number of nitrogens with zero attached hydrogens (tertiary/aromatic N) is 1. The molecule has 4 aliphatic carbocycles. The van der Waals surface area contributed by atoms with Crippen molar-refractivity contribution in [2.24, 2.45) is 50.8 Å². The number of esters is 1. The molecule has 0 aromatic heterocycles. The molecule has 4 fully saturated rings. The molecule has 0 bridgehead atoms. The van der Waals surface area contributed by atoms with Gasteiger partial charge in [-0.05, 0) is 93.8 Å². The van der Waals surface area contributed by atoms with E-state index in [2.05, 4.69) is 19.0 Å². The second kappa shape index (κ2) is 7.25. The van der Waals surface area contributed by atoms with Crippen molar-refractivity contribution in [1.82, 2.24) is 0 Å². The van der Waals surface area contributed by atoms with Gasteiger partial charge in [0, 0.05) is 12.5 Å². The van der Waals surface area contributed by atoms with Crippen molar-refractivity contribution in [2.45, 2.75) is 91.6 Å². The number of ether oxygens (including phenoxy) is 1. The molecule has 0 aromatic rings. The maximum absolute atomic E-state index is 12.6. The van der Waals surface area contributed by atoms with Crippen molar-refractivity contribution in [3.8, 4) is 0 Å². The van der Waals surface area contributed by atoms with Crippen LogP contribution in [0, 0.1) is 39.9 Å². The van der Waals surface area contributed by atoms with Crippen molar-refractivity contribution >= 4 is 11.7 Å². The van der Waals surface area contributed by atoms with E-state index < -0.39 is 5.41 Å². The quantitative estimate of drug-likeness (QED) is 0.404.